The molecular formula is C36H60N4O7. The molecule has 0 spiro atoms. The van der Waals surface area contributed by atoms with Gasteiger partial charge >= 0.3 is 12.1 Å². The van der Waals surface area contributed by atoms with Gasteiger partial charge in [-0.25, -0.2) is 9.59 Å². The summed E-state index contributed by atoms with van der Waals surface area (Å²) in [4.78, 5) is 67.2. The third kappa shape index (κ3) is 12.8. The molecule has 1 aromatic carbocycles. The van der Waals surface area contributed by atoms with E-state index in [0.717, 1.165) is 5.56 Å². The molecule has 266 valence electrons. The molecule has 1 aromatic rings. The summed E-state index contributed by atoms with van der Waals surface area (Å²) in [6.07, 6.45) is 0.117. The van der Waals surface area contributed by atoms with Crippen LogP contribution in [0.3, 0.4) is 0 Å². The van der Waals surface area contributed by atoms with E-state index < -0.39 is 51.9 Å². The Bertz CT molecular complexity index is 1230. The summed E-state index contributed by atoms with van der Waals surface area (Å²) < 4.78 is 5.41. The molecule has 4 amide bonds. The number of hydrogen-bond donors (Lipinski definition) is 5. The number of carbonyl (C=O) groups excluding carboxylic acids is 4. The van der Waals surface area contributed by atoms with Crippen molar-refractivity contribution in [1.82, 2.24) is 21.3 Å². The molecule has 0 unspecified atom stereocenters. The van der Waals surface area contributed by atoms with Crippen LogP contribution in [0.2, 0.25) is 0 Å². The highest BCUT2D eigenvalue weighted by molar-refractivity contribution is 5.99. The van der Waals surface area contributed by atoms with Gasteiger partial charge in [0.2, 0.25) is 17.7 Å². The van der Waals surface area contributed by atoms with Crippen LogP contribution in [0, 0.1) is 23.7 Å². The number of carboxylic acid groups (broad SMARTS) is 1. The minimum atomic E-state index is -1.55. The Hall–Kier alpha value is -3.63. The number of hydrogen-bond acceptors (Lipinski definition) is 6. The number of ether oxygens (including phenoxy) is 1. The van der Waals surface area contributed by atoms with Gasteiger partial charge in [-0.3, -0.25) is 14.4 Å². The summed E-state index contributed by atoms with van der Waals surface area (Å²) in [5.41, 5.74) is -5.18. The van der Waals surface area contributed by atoms with Crippen LogP contribution in [-0.4, -0.2) is 57.0 Å². The first-order valence-electron chi connectivity index (χ1n) is 16.7. The van der Waals surface area contributed by atoms with Crippen LogP contribution in [0.15, 0.2) is 30.3 Å². The zero-order chi connectivity index (χ0) is 36.4. The number of aliphatic carboxylic acids is 1. The number of carbonyl (C=O) groups is 5. The normalized spacial score (nSPS) is 16.8. The highest BCUT2D eigenvalue weighted by Gasteiger charge is 2.47. The van der Waals surface area contributed by atoms with E-state index in [0.29, 0.717) is 0 Å². The number of carboxylic acids is 1. The van der Waals surface area contributed by atoms with Gasteiger partial charge in [0, 0.05) is 0 Å². The monoisotopic (exact) mass is 660 g/mol. The maximum atomic E-state index is 14.2. The quantitative estimate of drug-likeness (QED) is 0.138. The molecule has 1 rings (SSSR count). The molecule has 0 saturated carbocycles. The standard InChI is InChI=1S/C36H60N4O7/c1-23(2)18-33(9,28(41)37-34(10,19-24(3)4)29(42)39-36(12,31(44)45)21-26(7)8)38-30(43)35(11,20-25(5)6)40-32(46)47-22-27-16-14-13-15-17-27/h13-17,23-26H,18-22H2,1-12H3,(H,37,41)(H,38,43)(H,39,42)(H,40,46)(H,44,45)/t33-,34-,35-,36-/m0/s1. The van der Waals surface area contributed by atoms with Gasteiger partial charge in [0.05, 0.1) is 0 Å². The van der Waals surface area contributed by atoms with Gasteiger partial charge in [-0.05, 0) is 82.6 Å². The lowest BCUT2D eigenvalue weighted by Crippen LogP contribution is -2.69. The summed E-state index contributed by atoms with van der Waals surface area (Å²) in [5, 5.41) is 21.2. The topological polar surface area (TPSA) is 163 Å². The lowest BCUT2D eigenvalue weighted by molar-refractivity contribution is -0.149. The van der Waals surface area contributed by atoms with E-state index in [1.54, 1.807) is 20.8 Å². The molecule has 0 aliphatic rings. The first-order chi connectivity index (χ1) is 21.5. The van der Waals surface area contributed by atoms with E-state index in [1.807, 2.05) is 85.7 Å². The minimum Gasteiger partial charge on any atom is -0.480 e. The molecule has 0 aliphatic carbocycles. The number of nitrogens with one attached hydrogen (secondary N) is 4. The van der Waals surface area contributed by atoms with Crippen LogP contribution >= 0.6 is 0 Å². The summed E-state index contributed by atoms with van der Waals surface area (Å²) in [5.74, 6) is -3.08. The van der Waals surface area contributed by atoms with E-state index in [2.05, 4.69) is 21.3 Å². The van der Waals surface area contributed by atoms with E-state index in [9.17, 15) is 29.1 Å². The third-order valence-electron chi connectivity index (χ3n) is 8.00. The van der Waals surface area contributed by atoms with E-state index >= 15 is 0 Å². The van der Waals surface area contributed by atoms with Crippen molar-refractivity contribution < 1.29 is 33.8 Å². The Balaban J connectivity index is 3.39. The molecule has 5 N–H and O–H groups in total. The van der Waals surface area contributed by atoms with Crippen LogP contribution in [-0.2, 0) is 30.5 Å². The molecule has 0 aromatic heterocycles. The lowest BCUT2D eigenvalue weighted by Gasteiger charge is -2.41. The Morgan fingerprint density at radius 2 is 0.894 bits per heavy atom. The Labute approximate surface area is 281 Å². The average Bonchev–Trinajstić information content (AvgIpc) is 2.90. The van der Waals surface area contributed by atoms with Gasteiger partial charge in [0.1, 0.15) is 28.8 Å². The van der Waals surface area contributed by atoms with Gasteiger partial charge in [0.15, 0.2) is 0 Å². The van der Waals surface area contributed by atoms with Crippen LogP contribution in [0.5, 0.6) is 0 Å². The fourth-order valence-corrected chi connectivity index (χ4v) is 6.21. The number of amides is 4. The Morgan fingerprint density at radius 1 is 0.574 bits per heavy atom. The summed E-state index contributed by atoms with van der Waals surface area (Å²) in [6, 6.07) is 9.17. The first kappa shape index (κ1) is 41.4. The predicted molar refractivity (Wildman–Crippen MR) is 183 cm³/mol. The van der Waals surface area contributed by atoms with Crippen molar-refractivity contribution in [2.45, 2.75) is 138 Å². The van der Waals surface area contributed by atoms with Crippen molar-refractivity contribution in [2.24, 2.45) is 23.7 Å². The molecule has 0 radical (unpaired) electrons. The van der Waals surface area contributed by atoms with Crippen LogP contribution in [0.25, 0.3) is 0 Å². The van der Waals surface area contributed by atoms with Crippen molar-refractivity contribution in [3.8, 4) is 0 Å². The van der Waals surface area contributed by atoms with Crippen molar-refractivity contribution in [1.29, 1.82) is 0 Å². The molecule has 0 heterocycles. The fraction of sp³-hybridized carbons (Fsp3) is 0.694. The van der Waals surface area contributed by atoms with Crippen molar-refractivity contribution in [2.75, 3.05) is 0 Å². The molecule has 11 heteroatoms. The maximum absolute atomic E-state index is 14.2. The largest absolute Gasteiger partial charge is 0.480 e. The zero-order valence-corrected chi connectivity index (χ0v) is 30.6. The van der Waals surface area contributed by atoms with Crippen molar-refractivity contribution in [3.63, 3.8) is 0 Å². The van der Waals surface area contributed by atoms with E-state index in [1.165, 1.54) is 6.92 Å². The summed E-state index contributed by atoms with van der Waals surface area (Å²) >= 11 is 0. The van der Waals surface area contributed by atoms with Crippen molar-refractivity contribution in [3.05, 3.63) is 35.9 Å². The second-order valence-corrected chi connectivity index (χ2v) is 15.6. The van der Waals surface area contributed by atoms with Crippen LogP contribution in [0.4, 0.5) is 4.79 Å². The maximum Gasteiger partial charge on any atom is 0.408 e. The zero-order valence-electron chi connectivity index (χ0n) is 30.6. The SMILES string of the molecule is CC(C)C[C@](C)(NC(=O)[C@](C)(CC(C)C)NC(=O)[C@](C)(CC(C)C)NC(=O)[C@](C)(CC(C)C)NC(=O)OCc1ccccc1)C(=O)O. The number of benzene rings is 1. The van der Waals surface area contributed by atoms with Crippen molar-refractivity contribution >= 4 is 29.8 Å². The van der Waals surface area contributed by atoms with Gasteiger partial charge < -0.3 is 31.1 Å². The van der Waals surface area contributed by atoms with Gasteiger partial charge in [-0.1, -0.05) is 85.7 Å². The second-order valence-electron chi connectivity index (χ2n) is 15.6. The first-order valence-corrected chi connectivity index (χ1v) is 16.7. The molecule has 0 saturated heterocycles. The van der Waals surface area contributed by atoms with Crippen LogP contribution in [0.1, 0.15) is 114 Å². The highest BCUT2D eigenvalue weighted by Crippen LogP contribution is 2.26. The lowest BCUT2D eigenvalue weighted by atomic mass is 9.83. The summed E-state index contributed by atoms with van der Waals surface area (Å²) in [6.45, 7) is 21.4. The van der Waals surface area contributed by atoms with Gasteiger partial charge in [-0.15, -0.1) is 0 Å². The predicted octanol–water partition coefficient (Wildman–Crippen LogP) is 5.57. The Kier molecular flexibility index (Phi) is 14.9. The second kappa shape index (κ2) is 17.0. The Morgan fingerprint density at radius 3 is 1.23 bits per heavy atom. The molecule has 0 fully saturated rings. The van der Waals surface area contributed by atoms with Crippen LogP contribution < -0.4 is 21.3 Å². The van der Waals surface area contributed by atoms with Gasteiger partial charge in [-0.2, -0.15) is 0 Å². The highest BCUT2D eigenvalue weighted by atomic mass is 16.5. The molecule has 47 heavy (non-hydrogen) atoms. The van der Waals surface area contributed by atoms with E-state index in [-0.39, 0.29) is 56.0 Å². The molecule has 11 nitrogen and oxygen atoms in total. The molecule has 0 aliphatic heterocycles. The fourth-order valence-electron chi connectivity index (χ4n) is 6.21. The average molecular weight is 661 g/mol. The smallest absolute Gasteiger partial charge is 0.408 e. The minimum absolute atomic E-state index is 0.00207. The van der Waals surface area contributed by atoms with E-state index in [4.69, 9.17) is 4.74 Å². The number of alkyl carbamates (subject to hydrolysis) is 1. The third-order valence-corrected chi connectivity index (χ3v) is 8.00. The summed E-state index contributed by atoms with van der Waals surface area (Å²) in [7, 11) is 0. The van der Waals surface area contributed by atoms with Gasteiger partial charge in [0.25, 0.3) is 0 Å². The molecular weight excluding hydrogens is 600 g/mol. The molecule has 4 atom stereocenters. The number of rotatable bonds is 18. The molecule has 0 bridgehead atoms.